The Labute approximate surface area is 141 Å². The first-order valence-corrected chi connectivity index (χ1v) is 7.99. The van der Waals surface area contributed by atoms with Crippen molar-refractivity contribution in [3.63, 3.8) is 0 Å². The van der Waals surface area contributed by atoms with E-state index in [0.29, 0.717) is 13.0 Å². The minimum absolute atomic E-state index is 0.0160. The first-order chi connectivity index (χ1) is 11.4. The molecule has 0 spiro atoms. The van der Waals surface area contributed by atoms with Crippen LogP contribution in [0.2, 0.25) is 0 Å². The number of fused-ring (bicyclic) bond motifs is 1. The molecule has 1 aliphatic carbocycles. The smallest absolute Gasteiger partial charge is 0.294 e. The van der Waals surface area contributed by atoms with E-state index in [1.807, 2.05) is 32.1 Å². The second-order valence-electron chi connectivity index (χ2n) is 6.47. The number of nitrogens with zero attached hydrogens (tertiary/aromatic N) is 1. The van der Waals surface area contributed by atoms with Crippen LogP contribution in [0.4, 0.5) is 0 Å². The van der Waals surface area contributed by atoms with Crippen molar-refractivity contribution in [2.24, 2.45) is 0 Å². The van der Waals surface area contributed by atoms with Crippen LogP contribution in [0.3, 0.4) is 0 Å². The van der Waals surface area contributed by atoms with Gasteiger partial charge in [0.05, 0.1) is 6.61 Å². The van der Waals surface area contributed by atoms with E-state index in [2.05, 4.69) is 22.3 Å². The maximum absolute atomic E-state index is 10.2. The third-order valence-electron chi connectivity index (χ3n) is 3.95. The van der Waals surface area contributed by atoms with Crippen LogP contribution in [0.1, 0.15) is 31.4 Å². The summed E-state index contributed by atoms with van der Waals surface area (Å²) in [6.45, 7) is 4.33. The molecule has 1 aromatic rings. The molecule has 0 radical (unpaired) electrons. The minimum atomic E-state index is -0.800. The van der Waals surface area contributed by atoms with Gasteiger partial charge in [-0.15, -0.1) is 10.1 Å². The number of aliphatic hydroxyl groups is 1. The summed E-state index contributed by atoms with van der Waals surface area (Å²) in [5.41, 5.74) is 1.93. The predicted octanol–water partition coefficient (Wildman–Crippen LogP) is 1.96. The van der Waals surface area contributed by atoms with E-state index >= 15 is 0 Å². The molecule has 0 aliphatic heterocycles. The first-order valence-electron chi connectivity index (χ1n) is 7.99. The Hall–Kier alpha value is -2.12. The Morgan fingerprint density at radius 2 is 2.25 bits per heavy atom. The summed E-state index contributed by atoms with van der Waals surface area (Å²) < 4.78 is 5.73. The monoisotopic (exact) mass is 336 g/mol. The Morgan fingerprint density at radius 1 is 1.46 bits per heavy atom. The first kappa shape index (κ1) is 18.2. The normalized spacial score (nSPS) is 14.3. The molecule has 2 rings (SSSR count). The van der Waals surface area contributed by atoms with E-state index in [1.54, 1.807) is 0 Å². The topological polar surface area (TPSA) is 93.9 Å². The molecular formula is C17H24N2O5. The molecule has 0 aromatic heterocycles. The summed E-state index contributed by atoms with van der Waals surface area (Å²) in [5, 5.41) is 22.6. The van der Waals surface area contributed by atoms with Gasteiger partial charge in [-0.1, -0.05) is 24.3 Å². The van der Waals surface area contributed by atoms with Crippen LogP contribution in [0, 0.1) is 10.1 Å². The van der Waals surface area contributed by atoms with Crippen LogP contribution in [0.15, 0.2) is 24.3 Å². The number of hydrogen-bond acceptors (Lipinski definition) is 6. The predicted molar refractivity (Wildman–Crippen MR) is 90.3 cm³/mol. The quantitative estimate of drug-likeness (QED) is 0.501. The van der Waals surface area contributed by atoms with E-state index in [4.69, 9.17) is 4.74 Å². The van der Waals surface area contributed by atoms with Gasteiger partial charge in [-0.3, -0.25) is 0 Å². The molecular weight excluding hydrogens is 312 g/mol. The van der Waals surface area contributed by atoms with Crippen molar-refractivity contribution in [1.29, 1.82) is 0 Å². The fraction of sp³-hybridized carbons (Fsp3) is 0.529. The zero-order valence-corrected chi connectivity index (χ0v) is 14.0. The largest absolute Gasteiger partial charge is 0.490 e. The lowest BCUT2D eigenvalue weighted by atomic mass is 10.0. The van der Waals surface area contributed by atoms with Crippen molar-refractivity contribution >= 4 is 6.08 Å². The van der Waals surface area contributed by atoms with Crippen molar-refractivity contribution < 1.29 is 19.8 Å². The Balaban J connectivity index is 1.73. The molecule has 24 heavy (non-hydrogen) atoms. The molecule has 1 unspecified atom stereocenters. The standard InChI is InChI=1S/C17H24N2O5/c1-17(2,9-10-24-19(21)22)18-11-14(20)12-23-16-8-4-6-13-5-3-7-15(13)16/h3-4,6-8,14,18,20H,5,9-12H2,1-2H3. The van der Waals surface area contributed by atoms with Crippen molar-refractivity contribution in [2.45, 2.75) is 38.3 Å². The van der Waals surface area contributed by atoms with Crippen LogP contribution < -0.4 is 10.1 Å². The molecule has 1 aliphatic rings. The molecule has 0 amide bonds. The number of rotatable bonds is 10. The Kier molecular flexibility index (Phi) is 6.16. The Morgan fingerprint density at radius 3 is 3.00 bits per heavy atom. The van der Waals surface area contributed by atoms with E-state index in [1.165, 1.54) is 5.56 Å². The summed E-state index contributed by atoms with van der Waals surface area (Å²) >= 11 is 0. The van der Waals surface area contributed by atoms with E-state index in [-0.39, 0.29) is 18.8 Å². The van der Waals surface area contributed by atoms with Crippen LogP contribution >= 0.6 is 0 Å². The fourth-order valence-electron chi connectivity index (χ4n) is 2.49. The van der Waals surface area contributed by atoms with Crippen LogP contribution in [-0.2, 0) is 11.3 Å². The number of benzene rings is 1. The molecule has 0 bridgehead atoms. The van der Waals surface area contributed by atoms with Gasteiger partial charge in [-0.05, 0) is 38.3 Å². The third-order valence-corrected chi connectivity index (χ3v) is 3.95. The van der Waals surface area contributed by atoms with Crippen LogP contribution in [-0.4, -0.2) is 41.6 Å². The van der Waals surface area contributed by atoms with Crippen molar-refractivity contribution in [2.75, 3.05) is 19.8 Å². The summed E-state index contributed by atoms with van der Waals surface area (Å²) in [5.74, 6) is 0.777. The van der Waals surface area contributed by atoms with E-state index in [0.717, 1.165) is 17.7 Å². The highest BCUT2D eigenvalue weighted by molar-refractivity contribution is 5.66. The third kappa shape index (κ3) is 5.50. The number of nitrogens with one attached hydrogen (secondary N) is 1. The SMILES string of the molecule is CC(C)(CCO[N+](=O)[O-])NCC(O)COc1cccc2c1C=CC2. The zero-order chi connectivity index (χ0) is 17.6. The second-order valence-corrected chi connectivity index (χ2v) is 6.47. The lowest BCUT2D eigenvalue weighted by Gasteiger charge is -2.27. The molecule has 0 fully saturated rings. The highest BCUT2D eigenvalue weighted by Gasteiger charge is 2.19. The van der Waals surface area contributed by atoms with Gasteiger partial charge in [0.25, 0.3) is 5.09 Å². The van der Waals surface area contributed by atoms with Crippen molar-refractivity contribution in [3.05, 3.63) is 45.5 Å². The highest BCUT2D eigenvalue weighted by atomic mass is 16.9. The maximum atomic E-state index is 10.2. The minimum Gasteiger partial charge on any atom is -0.490 e. The summed E-state index contributed by atoms with van der Waals surface area (Å²) in [4.78, 5) is 14.5. The highest BCUT2D eigenvalue weighted by Crippen LogP contribution is 2.28. The second kappa shape index (κ2) is 8.12. The molecule has 0 saturated heterocycles. The van der Waals surface area contributed by atoms with Crippen LogP contribution in [0.25, 0.3) is 6.08 Å². The van der Waals surface area contributed by atoms with Crippen LogP contribution in [0.5, 0.6) is 5.75 Å². The molecule has 1 aromatic carbocycles. The summed E-state index contributed by atoms with van der Waals surface area (Å²) in [6.07, 6.45) is 4.82. The van der Waals surface area contributed by atoms with Crippen molar-refractivity contribution in [1.82, 2.24) is 5.32 Å². The van der Waals surface area contributed by atoms with Gasteiger partial charge in [-0.25, -0.2) is 0 Å². The van der Waals surface area contributed by atoms with Gasteiger partial charge in [0.15, 0.2) is 0 Å². The maximum Gasteiger partial charge on any atom is 0.294 e. The lowest BCUT2D eigenvalue weighted by molar-refractivity contribution is -0.758. The summed E-state index contributed by atoms with van der Waals surface area (Å²) in [7, 11) is 0. The fourth-order valence-corrected chi connectivity index (χ4v) is 2.49. The van der Waals surface area contributed by atoms with Gasteiger partial charge < -0.3 is 20.0 Å². The summed E-state index contributed by atoms with van der Waals surface area (Å²) in [6, 6.07) is 5.91. The van der Waals surface area contributed by atoms with Gasteiger partial charge in [-0.2, -0.15) is 0 Å². The zero-order valence-electron chi connectivity index (χ0n) is 14.0. The molecule has 0 heterocycles. The number of aliphatic hydroxyl groups excluding tert-OH is 1. The average molecular weight is 336 g/mol. The van der Waals surface area contributed by atoms with Gasteiger partial charge >= 0.3 is 0 Å². The number of allylic oxidation sites excluding steroid dienone is 1. The van der Waals surface area contributed by atoms with Crippen molar-refractivity contribution in [3.8, 4) is 5.75 Å². The molecule has 2 N–H and O–H groups in total. The molecule has 132 valence electrons. The molecule has 7 heteroatoms. The van der Waals surface area contributed by atoms with Gasteiger partial charge in [0.2, 0.25) is 0 Å². The van der Waals surface area contributed by atoms with E-state index < -0.39 is 11.2 Å². The van der Waals surface area contributed by atoms with Gasteiger partial charge in [0, 0.05) is 17.6 Å². The average Bonchev–Trinajstić information content (AvgIpc) is 2.99. The Bertz CT molecular complexity index is 601. The van der Waals surface area contributed by atoms with Gasteiger partial charge in [0.1, 0.15) is 18.5 Å². The molecule has 0 saturated carbocycles. The molecule has 7 nitrogen and oxygen atoms in total. The number of hydrogen-bond donors (Lipinski definition) is 2. The number of β-amino-alcohol motifs (C(OH)–C–C–N with tert-alkyl or cyclic N) is 1. The van der Waals surface area contributed by atoms with E-state index in [9.17, 15) is 15.2 Å². The number of ether oxygens (including phenoxy) is 1. The lowest BCUT2D eigenvalue weighted by Crippen LogP contribution is -2.45. The molecule has 1 atom stereocenters.